The van der Waals surface area contributed by atoms with E-state index in [2.05, 4.69) is 19.1 Å². The van der Waals surface area contributed by atoms with Crippen LogP contribution < -0.4 is 0 Å². The van der Waals surface area contributed by atoms with E-state index in [0.29, 0.717) is 0 Å². The fraction of sp³-hybridized carbons (Fsp3) is 0.143. The smallest absolute Gasteiger partial charge is 0 e. The standard InChI is InChI=1S/C7H8.B10/c1-7-5-3-2-4-6-7;1-3-5-7-9-10-8-6-4-2/h2-6H,1H3;. The van der Waals surface area contributed by atoms with E-state index in [1.165, 1.54) is 19.7 Å². The zero-order chi connectivity index (χ0) is 12.8. The lowest BCUT2D eigenvalue weighted by Gasteiger charge is -1.92. The van der Waals surface area contributed by atoms with E-state index in [9.17, 15) is 0 Å². The largest absolute Gasteiger partial charge is 0.0622 e. The second kappa shape index (κ2) is 13.9. The van der Waals surface area contributed by atoms with Gasteiger partial charge in [0.15, 0.2) is 0 Å². The zero-order valence-electron chi connectivity index (χ0n) is 10.2. The van der Waals surface area contributed by atoms with E-state index >= 15 is 0 Å². The lowest BCUT2D eigenvalue weighted by Crippen LogP contribution is -2.30. The van der Waals surface area contributed by atoms with Crippen molar-refractivity contribution >= 4 is 72.0 Å². The van der Waals surface area contributed by atoms with Crippen LogP contribution in [0.15, 0.2) is 30.3 Å². The minimum Gasteiger partial charge on any atom is -0.0622 e. The summed E-state index contributed by atoms with van der Waals surface area (Å²) in [5.74, 6) is 0. The maximum absolute atomic E-state index is 5.08. The Morgan fingerprint density at radius 2 is 1.12 bits per heavy atom. The summed E-state index contributed by atoms with van der Waals surface area (Å²) in [5, 5.41) is 0. The molecule has 0 heterocycles. The molecule has 0 aliphatic rings. The fourth-order valence-electron chi connectivity index (χ4n) is 0.919. The van der Waals surface area contributed by atoms with Crippen LogP contribution in [0.2, 0.25) is 0 Å². The van der Waals surface area contributed by atoms with E-state index < -0.39 is 0 Å². The van der Waals surface area contributed by atoms with Gasteiger partial charge in [-0.2, -0.15) is 0 Å². The molecule has 12 radical (unpaired) electrons. The summed E-state index contributed by atoms with van der Waals surface area (Å²) < 4.78 is 0. The molecule has 17 heavy (non-hydrogen) atoms. The summed E-state index contributed by atoms with van der Waals surface area (Å²) in [6, 6.07) is 10.3. The molecule has 0 nitrogen and oxygen atoms in total. The number of benzene rings is 1. The summed E-state index contributed by atoms with van der Waals surface area (Å²) in [6.07, 6.45) is 0. The summed E-state index contributed by atoms with van der Waals surface area (Å²) in [4.78, 5) is 0. The number of aryl methyl sites for hydroxylation is 1. The van der Waals surface area contributed by atoms with Crippen molar-refractivity contribution in [2.45, 2.75) is 6.92 Å². The molecule has 0 N–H and O–H groups in total. The predicted molar refractivity (Wildman–Crippen MR) is 88.7 cm³/mol. The maximum Gasteiger partial charge on any atom is 0 e. The Hall–Kier alpha value is -0.131. The Kier molecular flexibility index (Phi) is 13.8. The van der Waals surface area contributed by atoms with Crippen LogP contribution in [0.4, 0.5) is 0 Å². The van der Waals surface area contributed by atoms with Crippen LogP contribution in [0.1, 0.15) is 5.56 Å². The summed E-state index contributed by atoms with van der Waals surface area (Å²) in [6.45, 7) is 2.08. The maximum atomic E-state index is 5.08. The zero-order valence-corrected chi connectivity index (χ0v) is 10.2. The molecule has 0 aliphatic heterocycles. The van der Waals surface area contributed by atoms with Crippen molar-refractivity contribution in [1.82, 2.24) is 0 Å². The van der Waals surface area contributed by atoms with E-state index in [0.717, 1.165) is 0 Å². The van der Waals surface area contributed by atoms with Gasteiger partial charge in [0.2, 0.25) is 0 Å². The van der Waals surface area contributed by atoms with Crippen LogP contribution in [0.3, 0.4) is 0 Å². The average Bonchev–Trinajstić information content (AvgIpc) is 2.35. The summed E-state index contributed by atoms with van der Waals surface area (Å²) in [7, 11) is 24.0. The molecule has 0 unspecified atom stereocenters. The van der Waals surface area contributed by atoms with Crippen molar-refractivity contribution in [3.63, 3.8) is 0 Å². The second-order valence-corrected chi connectivity index (χ2v) is 3.19. The van der Waals surface area contributed by atoms with Crippen LogP contribution in [-0.4, -0.2) is 72.0 Å². The molecule has 0 fully saturated rings. The van der Waals surface area contributed by atoms with Gasteiger partial charge in [-0.3, -0.25) is 0 Å². The number of hydrogen-bond donors (Lipinski definition) is 0. The van der Waals surface area contributed by atoms with Crippen molar-refractivity contribution in [2.75, 3.05) is 0 Å². The number of hydrogen-bond acceptors (Lipinski definition) is 0. The average molecular weight is 200 g/mol. The first-order chi connectivity index (χ1) is 8.31. The van der Waals surface area contributed by atoms with E-state index in [-0.39, 0.29) is 0 Å². The highest BCUT2D eigenvalue weighted by Gasteiger charge is 1.93. The molecule has 0 bridgehead atoms. The van der Waals surface area contributed by atoms with Gasteiger partial charge in [0, 0.05) is 72.0 Å². The van der Waals surface area contributed by atoms with Crippen LogP contribution in [-0.2, 0) is 0 Å². The minimum absolute atomic E-state index is 1.32. The number of rotatable bonds is 7. The third kappa shape index (κ3) is 13.8. The Labute approximate surface area is 115 Å². The van der Waals surface area contributed by atoms with Crippen molar-refractivity contribution in [1.29, 1.82) is 0 Å². The van der Waals surface area contributed by atoms with Crippen LogP contribution in [0.5, 0.6) is 0 Å². The fourth-order valence-corrected chi connectivity index (χ4v) is 0.919. The lowest BCUT2D eigenvalue weighted by molar-refractivity contribution is 1.48. The van der Waals surface area contributed by atoms with Gasteiger partial charge in [-0.05, 0) is 6.92 Å². The van der Waals surface area contributed by atoms with Gasteiger partial charge in [0.25, 0.3) is 0 Å². The molecule has 0 spiro atoms. The van der Waals surface area contributed by atoms with E-state index in [1.54, 1.807) is 14.1 Å². The first-order valence-electron chi connectivity index (χ1n) is 5.41. The molecule has 1 aromatic carbocycles. The summed E-state index contributed by atoms with van der Waals surface area (Å²) in [5.41, 5.74) is 1.32. The van der Waals surface area contributed by atoms with Crippen molar-refractivity contribution in [3.05, 3.63) is 35.9 Å². The molecule has 0 aliphatic carbocycles. The van der Waals surface area contributed by atoms with Crippen LogP contribution in [0, 0.1) is 6.92 Å². The molecular weight excluding hydrogens is 192 g/mol. The molecule has 10 heteroatoms. The van der Waals surface area contributed by atoms with Crippen LogP contribution >= 0.6 is 0 Å². The predicted octanol–water partition coefficient (Wildman–Crippen LogP) is -1.81. The first kappa shape index (κ1) is 16.9. The SMILES string of the molecule is Cc1ccccc1.[B][B][B][B][B][B][B][B][B][B]. The highest BCUT2D eigenvalue weighted by molar-refractivity contribution is 7.68. The van der Waals surface area contributed by atoms with E-state index in [4.69, 9.17) is 15.5 Å². The normalized spacial score (nSPS) is 7.59. The quantitative estimate of drug-likeness (QED) is 0.359. The van der Waals surface area contributed by atoms with Gasteiger partial charge in [-0.1, -0.05) is 35.9 Å². The Balaban J connectivity index is 0.000000318. The molecule has 66 valence electrons. The molecule has 0 amide bonds. The molecule has 0 saturated heterocycles. The highest BCUT2D eigenvalue weighted by Crippen LogP contribution is 1.92. The van der Waals surface area contributed by atoms with Gasteiger partial charge in [-0.15, -0.1) is 0 Å². The van der Waals surface area contributed by atoms with Gasteiger partial charge < -0.3 is 0 Å². The van der Waals surface area contributed by atoms with Crippen molar-refractivity contribution in [2.24, 2.45) is 0 Å². The van der Waals surface area contributed by atoms with Crippen LogP contribution in [0.25, 0.3) is 0 Å². The molecule has 0 atom stereocenters. The lowest BCUT2D eigenvalue weighted by atomic mass is 8.89. The Morgan fingerprint density at radius 1 is 0.706 bits per heavy atom. The Morgan fingerprint density at radius 3 is 1.41 bits per heavy atom. The molecular formula is C7H8B10. The first-order valence-corrected chi connectivity index (χ1v) is 5.41. The third-order valence-corrected chi connectivity index (χ3v) is 1.72. The molecule has 1 rings (SSSR count). The second-order valence-electron chi connectivity index (χ2n) is 3.19. The van der Waals surface area contributed by atoms with Gasteiger partial charge in [0.1, 0.15) is 0 Å². The molecule has 0 saturated carbocycles. The third-order valence-electron chi connectivity index (χ3n) is 1.72. The van der Waals surface area contributed by atoms with Gasteiger partial charge >= 0.3 is 0 Å². The van der Waals surface area contributed by atoms with Gasteiger partial charge in [-0.25, -0.2) is 0 Å². The molecule has 1 aromatic rings. The Bertz CT molecular complexity index is 234. The minimum atomic E-state index is 1.32. The summed E-state index contributed by atoms with van der Waals surface area (Å²) >= 11 is 0. The topological polar surface area (TPSA) is 0 Å². The monoisotopic (exact) mass is 202 g/mol. The highest BCUT2D eigenvalue weighted by atomic mass is 13.8. The molecule has 0 aromatic heterocycles. The van der Waals surface area contributed by atoms with E-state index in [1.807, 2.05) is 46.4 Å². The van der Waals surface area contributed by atoms with Crippen molar-refractivity contribution < 1.29 is 0 Å². The van der Waals surface area contributed by atoms with Gasteiger partial charge in [0.05, 0.1) is 0 Å². The van der Waals surface area contributed by atoms with Crippen molar-refractivity contribution in [3.8, 4) is 0 Å².